The molecule has 1 N–H and O–H groups in total. The van der Waals surface area contributed by atoms with Crippen LogP contribution in [-0.4, -0.2) is 27.3 Å². The Morgan fingerprint density at radius 1 is 1.07 bits per heavy atom. The van der Waals surface area contributed by atoms with Crippen molar-refractivity contribution in [1.29, 1.82) is 0 Å². The van der Waals surface area contributed by atoms with Gasteiger partial charge in [0.05, 0.1) is 12.8 Å². The molecule has 2 aliphatic heterocycles. The van der Waals surface area contributed by atoms with Gasteiger partial charge in [-0.25, -0.2) is 0 Å². The molecule has 2 atom stereocenters. The highest BCUT2D eigenvalue weighted by Crippen LogP contribution is 2.51. The fourth-order valence-corrected chi connectivity index (χ4v) is 4.89. The summed E-state index contributed by atoms with van der Waals surface area (Å²) in [4.78, 5) is 1.13. The molecule has 148 valence electrons. The van der Waals surface area contributed by atoms with Gasteiger partial charge < -0.3 is 14.8 Å². The molecule has 4 aromatic rings. The van der Waals surface area contributed by atoms with Gasteiger partial charge in [0.15, 0.2) is 6.10 Å². The molecule has 30 heavy (non-hydrogen) atoms. The number of para-hydroxylation sites is 1. The number of hydrogen-bond acceptors (Lipinski definition) is 7. The number of hydrogen-bond donors (Lipinski definition) is 1. The van der Waals surface area contributed by atoms with Crippen LogP contribution in [0.5, 0.6) is 11.5 Å². The van der Waals surface area contributed by atoms with E-state index < -0.39 is 0 Å². The number of aromatic nitrogens is 4. The Hall–Kier alpha value is -3.65. The molecule has 8 heteroatoms. The minimum absolute atomic E-state index is 0.211. The number of benzene rings is 2. The molecule has 0 bridgehead atoms. The maximum absolute atomic E-state index is 6.54. The second-order valence-corrected chi connectivity index (χ2v) is 8.07. The molecule has 0 saturated heterocycles. The van der Waals surface area contributed by atoms with Crippen LogP contribution in [0.2, 0.25) is 0 Å². The van der Waals surface area contributed by atoms with Crippen molar-refractivity contribution in [2.45, 2.75) is 12.1 Å². The van der Waals surface area contributed by atoms with Gasteiger partial charge in [0.1, 0.15) is 17.5 Å². The van der Waals surface area contributed by atoms with E-state index >= 15 is 0 Å². The maximum Gasteiger partial charge on any atom is 0.248 e. The molecule has 0 amide bonds. The van der Waals surface area contributed by atoms with Crippen molar-refractivity contribution in [3.05, 3.63) is 87.6 Å². The van der Waals surface area contributed by atoms with Gasteiger partial charge in [-0.3, -0.25) is 0 Å². The van der Waals surface area contributed by atoms with Crippen LogP contribution in [-0.2, 0) is 0 Å². The summed E-state index contributed by atoms with van der Waals surface area (Å²) in [5.74, 6) is 2.26. The number of nitrogens with one attached hydrogen (secondary N) is 1. The molecule has 2 unspecified atom stereocenters. The minimum atomic E-state index is -0.244. The summed E-state index contributed by atoms with van der Waals surface area (Å²) in [7, 11) is 1.67. The molecule has 6 rings (SSSR count). The number of ether oxygens (including phenoxy) is 2. The molecule has 7 nitrogen and oxygen atoms in total. The average Bonchev–Trinajstić information content (AvgIpc) is 3.49. The Morgan fingerprint density at radius 3 is 2.73 bits per heavy atom. The molecule has 2 aliphatic rings. The molecule has 4 heterocycles. The van der Waals surface area contributed by atoms with Crippen molar-refractivity contribution >= 4 is 23.0 Å². The molecule has 0 saturated carbocycles. The summed E-state index contributed by atoms with van der Waals surface area (Å²) >= 11 is 1.68. The normalized spacial score (nSPS) is 19.2. The number of anilines is 1. The maximum atomic E-state index is 6.54. The summed E-state index contributed by atoms with van der Waals surface area (Å²) in [5.41, 5.74) is 4.15. The van der Waals surface area contributed by atoms with Crippen LogP contribution in [0.3, 0.4) is 0 Å². The lowest BCUT2D eigenvalue weighted by atomic mass is 9.86. The SMILES string of the molecule is COc1ccc(C2C3=C(Nc4nnnn42)c2ccccc2OC3c2cccs2)cc1. The third-order valence-electron chi connectivity index (χ3n) is 5.47. The predicted molar refractivity (Wildman–Crippen MR) is 114 cm³/mol. The van der Waals surface area contributed by atoms with Crippen LogP contribution in [0.15, 0.2) is 71.6 Å². The van der Waals surface area contributed by atoms with Crippen molar-refractivity contribution in [2.75, 3.05) is 12.4 Å². The lowest BCUT2D eigenvalue weighted by molar-refractivity contribution is 0.226. The lowest BCUT2D eigenvalue weighted by Crippen LogP contribution is -2.32. The Bertz CT molecular complexity index is 1250. The highest BCUT2D eigenvalue weighted by atomic mass is 32.1. The number of rotatable bonds is 3. The van der Waals surface area contributed by atoms with Crippen LogP contribution < -0.4 is 14.8 Å². The smallest absolute Gasteiger partial charge is 0.248 e. The predicted octanol–water partition coefficient (Wildman–Crippen LogP) is 4.30. The minimum Gasteiger partial charge on any atom is -0.497 e. The second kappa shape index (κ2) is 6.70. The highest BCUT2D eigenvalue weighted by molar-refractivity contribution is 7.10. The quantitative estimate of drug-likeness (QED) is 0.538. The summed E-state index contributed by atoms with van der Waals surface area (Å²) in [6.07, 6.45) is -0.244. The van der Waals surface area contributed by atoms with E-state index in [0.29, 0.717) is 5.95 Å². The third-order valence-corrected chi connectivity index (χ3v) is 6.39. The number of methoxy groups -OCH3 is 1. The van der Waals surface area contributed by atoms with E-state index in [9.17, 15) is 0 Å². The van der Waals surface area contributed by atoms with Crippen molar-refractivity contribution in [3.8, 4) is 11.5 Å². The van der Waals surface area contributed by atoms with Crippen molar-refractivity contribution in [3.63, 3.8) is 0 Å². The van der Waals surface area contributed by atoms with Crippen molar-refractivity contribution in [2.24, 2.45) is 0 Å². The van der Waals surface area contributed by atoms with E-state index in [1.165, 1.54) is 0 Å². The third kappa shape index (κ3) is 2.54. The highest BCUT2D eigenvalue weighted by Gasteiger charge is 2.41. The average molecular weight is 415 g/mol. The topological polar surface area (TPSA) is 74.1 Å². The van der Waals surface area contributed by atoms with Gasteiger partial charge in [-0.05, 0) is 51.7 Å². The number of fused-ring (bicyclic) bond motifs is 3. The van der Waals surface area contributed by atoms with Crippen LogP contribution in [0.25, 0.3) is 5.70 Å². The van der Waals surface area contributed by atoms with Crippen LogP contribution in [0, 0.1) is 0 Å². The lowest BCUT2D eigenvalue weighted by Gasteiger charge is -2.38. The first-order valence-corrected chi connectivity index (χ1v) is 10.4. The first kappa shape index (κ1) is 17.2. The molecule has 0 spiro atoms. The Morgan fingerprint density at radius 2 is 1.93 bits per heavy atom. The van der Waals surface area contributed by atoms with E-state index in [4.69, 9.17) is 9.47 Å². The summed E-state index contributed by atoms with van der Waals surface area (Å²) in [5, 5.41) is 18.0. The summed E-state index contributed by atoms with van der Waals surface area (Å²) < 4.78 is 13.7. The van der Waals surface area contributed by atoms with Crippen molar-refractivity contribution in [1.82, 2.24) is 20.2 Å². The molecule has 2 aromatic carbocycles. The molecular weight excluding hydrogens is 398 g/mol. The fraction of sp³-hybridized carbons (Fsp3) is 0.136. The van der Waals surface area contributed by atoms with E-state index in [-0.39, 0.29) is 12.1 Å². The Kier molecular flexibility index (Phi) is 3.85. The number of tetrazole rings is 1. The molecule has 2 aromatic heterocycles. The Balaban J connectivity index is 1.61. The van der Waals surface area contributed by atoms with E-state index in [0.717, 1.165) is 38.8 Å². The van der Waals surface area contributed by atoms with Gasteiger partial charge in [0.2, 0.25) is 5.95 Å². The first-order chi connectivity index (χ1) is 14.8. The largest absolute Gasteiger partial charge is 0.497 e. The van der Waals surface area contributed by atoms with Crippen molar-refractivity contribution < 1.29 is 9.47 Å². The number of nitrogens with zero attached hydrogens (tertiary/aromatic N) is 4. The van der Waals surface area contributed by atoms with Gasteiger partial charge in [-0.15, -0.1) is 11.3 Å². The van der Waals surface area contributed by atoms with Crippen LogP contribution in [0.4, 0.5) is 5.95 Å². The van der Waals surface area contributed by atoms with Gasteiger partial charge in [0.25, 0.3) is 0 Å². The zero-order valence-electron chi connectivity index (χ0n) is 16.0. The number of thiophene rings is 1. The monoisotopic (exact) mass is 415 g/mol. The Labute approximate surface area is 176 Å². The molecular formula is C22H17N5O2S. The molecule has 0 fully saturated rings. The summed E-state index contributed by atoms with van der Waals surface area (Å²) in [6, 6.07) is 20.0. The van der Waals surface area contributed by atoms with Gasteiger partial charge in [0, 0.05) is 16.0 Å². The van der Waals surface area contributed by atoms with E-state index in [1.54, 1.807) is 18.4 Å². The van der Waals surface area contributed by atoms with Crippen LogP contribution >= 0.6 is 11.3 Å². The molecule has 0 aliphatic carbocycles. The van der Waals surface area contributed by atoms with Crippen LogP contribution in [0.1, 0.15) is 28.1 Å². The van der Waals surface area contributed by atoms with Gasteiger partial charge in [-0.1, -0.05) is 35.4 Å². The van der Waals surface area contributed by atoms with Gasteiger partial charge in [-0.2, -0.15) is 4.68 Å². The zero-order valence-corrected chi connectivity index (χ0v) is 16.8. The fourth-order valence-electron chi connectivity index (χ4n) is 4.12. The second-order valence-electron chi connectivity index (χ2n) is 7.09. The summed E-state index contributed by atoms with van der Waals surface area (Å²) in [6.45, 7) is 0. The standard InChI is InChI=1S/C22H17N5O2S/c1-28-14-10-8-13(9-11-14)20-18-19(23-22-24-25-26-27(20)22)15-5-2-3-6-16(15)29-21(18)17-7-4-12-30-17/h2-12,20-21H,1H3,(H,23,24,26). The van der Waals surface area contributed by atoms with E-state index in [2.05, 4.69) is 50.5 Å². The zero-order chi connectivity index (χ0) is 20.1. The molecule has 0 radical (unpaired) electrons. The van der Waals surface area contributed by atoms with E-state index in [1.807, 2.05) is 41.1 Å². The first-order valence-electron chi connectivity index (χ1n) is 9.56. The van der Waals surface area contributed by atoms with Gasteiger partial charge >= 0.3 is 0 Å².